The lowest BCUT2D eigenvalue weighted by Gasteiger charge is -2.10. The highest BCUT2D eigenvalue weighted by atomic mass is 16.5. The summed E-state index contributed by atoms with van der Waals surface area (Å²) < 4.78 is 5.17. The number of pyridine rings is 1. The Balaban J connectivity index is 2.25. The van der Waals surface area contributed by atoms with Crippen molar-refractivity contribution in [2.75, 3.05) is 24.8 Å². The number of hydrogen-bond donors (Lipinski definition) is 2. The maximum absolute atomic E-state index is 12.2. The molecule has 106 valence electrons. The van der Waals surface area contributed by atoms with Crippen molar-refractivity contribution in [3.05, 3.63) is 47.7 Å². The smallest absolute Gasteiger partial charge is 0.274 e. The third-order valence-corrected chi connectivity index (χ3v) is 2.82. The maximum Gasteiger partial charge on any atom is 0.274 e. The lowest BCUT2D eigenvalue weighted by molar-refractivity contribution is 0.102. The van der Waals surface area contributed by atoms with E-state index in [1.807, 2.05) is 6.07 Å². The van der Waals surface area contributed by atoms with Crippen molar-refractivity contribution in [1.82, 2.24) is 4.98 Å². The Labute approximate surface area is 122 Å². The standard InChI is InChI=1S/C15H14N4O2/c1-17-14-5-3-4-12(18-14)15(20)19-11-7-6-10(9-16)8-13(11)21-2/h3-8H,1-2H3,(H,17,18)(H,19,20). The fourth-order valence-electron chi connectivity index (χ4n) is 1.75. The van der Waals surface area contributed by atoms with Crippen molar-refractivity contribution in [2.24, 2.45) is 0 Å². The molecule has 0 bridgehead atoms. The second-order valence-corrected chi connectivity index (χ2v) is 4.14. The fourth-order valence-corrected chi connectivity index (χ4v) is 1.75. The molecule has 0 fully saturated rings. The molecule has 0 unspecified atom stereocenters. The SMILES string of the molecule is CNc1cccc(C(=O)Nc2ccc(C#N)cc2OC)n1. The van der Waals surface area contributed by atoms with Gasteiger partial charge in [0.25, 0.3) is 5.91 Å². The summed E-state index contributed by atoms with van der Waals surface area (Å²) in [5, 5.41) is 14.4. The van der Waals surface area contributed by atoms with Crippen LogP contribution in [0.1, 0.15) is 16.1 Å². The average molecular weight is 282 g/mol. The molecule has 0 aliphatic heterocycles. The van der Waals surface area contributed by atoms with Crippen molar-refractivity contribution < 1.29 is 9.53 Å². The number of aromatic nitrogens is 1. The molecule has 2 rings (SSSR count). The predicted molar refractivity (Wildman–Crippen MR) is 79.4 cm³/mol. The van der Waals surface area contributed by atoms with Crippen LogP contribution < -0.4 is 15.4 Å². The van der Waals surface area contributed by atoms with E-state index in [1.165, 1.54) is 7.11 Å². The van der Waals surface area contributed by atoms with E-state index in [2.05, 4.69) is 15.6 Å². The highest BCUT2D eigenvalue weighted by molar-refractivity contribution is 6.03. The van der Waals surface area contributed by atoms with E-state index in [4.69, 9.17) is 10.00 Å². The lowest BCUT2D eigenvalue weighted by atomic mass is 10.2. The monoisotopic (exact) mass is 282 g/mol. The van der Waals surface area contributed by atoms with Crippen LogP contribution in [0.3, 0.4) is 0 Å². The summed E-state index contributed by atoms with van der Waals surface area (Å²) >= 11 is 0. The van der Waals surface area contributed by atoms with Gasteiger partial charge in [0, 0.05) is 13.1 Å². The van der Waals surface area contributed by atoms with Gasteiger partial charge in [-0.3, -0.25) is 4.79 Å². The molecule has 21 heavy (non-hydrogen) atoms. The third kappa shape index (κ3) is 3.28. The summed E-state index contributed by atoms with van der Waals surface area (Å²) in [5.41, 5.74) is 1.23. The maximum atomic E-state index is 12.2. The van der Waals surface area contributed by atoms with Crippen molar-refractivity contribution in [2.45, 2.75) is 0 Å². The van der Waals surface area contributed by atoms with Gasteiger partial charge in [0.05, 0.1) is 24.4 Å². The number of nitriles is 1. The topological polar surface area (TPSA) is 87.0 Å². The van der Waals surface area contributed by atoms with Gasteiger partial charge in [-0.15, -0.1) is 0 Å². The highest BCUT2D eigenvalue weighted by Crippen LogP contribution is 2.25. The van der Waals surface area contributed by atoms with Crippen LogP contribution in [0.2, 0.25) is 0 Å². The minimum atomic E-state index is -0.352. The van der Waals surface area contributed by atoms with Gasteiger partial charge >= 0.3 is 0 Å². The van der Waals surface area contributed by atoms with E-state index in [0.717, 1.165) is 0 Å². The summed E-state index contributed by atoms with van der Waals surface area (Å²) in [7, 11) is 3.21. The van der Waals surface area contributed by atoms with Crippen molar-refractivity contribution >= 4 is 17.4 Å². The van der Waals surface area contributed by atoms with Crippen LogP contribution in [0.15, 0.2) is 36.4 Å². The molecule has 0 saturated heterocycles. The van der Waals surface area contributed by atoms with Gasteiger partial charge in [-0.2, -0.15) is 5.26 Å². The molecule has 1 amide bonds. The minimum Gasteiger partial charge on any atom is -0.495 e. The van der Waals surface area contributed by atoms with E-state index in [-0.39, 0.29) is 11.6 Å². The Kier molecular flexibility index (Phi) is 4.36. The van der Waals surface area contributed by atoms with Gasteiger partial charge in [-0.25, -0.2) is 4.98 Å². The summed E-state index contributed by atoms with van der Waals surface area (Å²) in [6, 6.07) is 11.9. The van der Waals surface area contributed by atoms with Crippen molar-refractivity contribution in [3.8, 4) is 11.8 Å². The summed E-state index contributed by atoms with van der Waals surface area (Å²) in [5.74, 6) is 0.678. The van der Waals surface area contributed by atoms with Crippen LogP contribution in [0.4, 0.5) is 11.5 Å². The number of carbonyl (C=O) groups is 1. The Hall–Kier alpha value is -3.07. The van der Waals surface area contributed by atoms with Crippen LogP contribution in [0, 0.1) is 11.3 Å². The lowest BCUT2D eigenvalue weighted by Crippen LogP contribution is -2.14. The number of carbonyl (C=O) groups excluding carboxylic acids is 1. The van der Waals surface area contributed by atoms with Crippen molar-refractivity contribution in [1.29, 1.82) is 5.26 Å². The van der Waals surface area contributed by atoms with Gasteiger partial charge in [0.2, 0.25) is 0 Å². The van der Waals surface area contributed by atoms with Gasteiger partial charge in [0.1, 0.15) is 17.3 Å². The zero-order valence-corrected chi connectivity index (χ0v) is 11.7. The number of nitrogens with zero attached hydrogens (tertiary/aromatic N) is 2. The zero-order valence-electron chi connectivity index (χ0n) is 11.7. The number of hydrogen-bond acceptors (Lipinski definition) is 5. The normalized spacial score (nSPS) is 9.57. The molecule has 2 aromatic rings. The molecule has 0 saturated carbocycles. The Bertz CT molecular complexity index is 707. The van der Waals surface area contributed by atoms with Crippen LogP contribution in [-0.4, -0.2) is 25.0 Å². The van der Waals surface area contributed by atoms with Crippen LogP contribution >= 0.6 is 0 Å². The molecule has 6 heteroatoms. The number of amides is 1. The molecule has 0 aliphatic rings. The molecule has 1 heterocycles. The van der Waals surface area contributed by atoms with E-state index in [9.17, 15) is 4.79 Å². The molecular weight excluding hydrogens is 268 g/mol. The van der Waals surface area contributed by atoms with E-state index in [1.54, 1.807) is 43.4 Å². The first-order valence-electron chi connectivity index (χ1n) is 6.22. The number of ether oxygens (including phenoxy) is 1. The first kappa shape index (κ1) is 14.3. The quantitative estimate of drug-likeness (QED) is 0.898. The summed E-state index contributed by atoms with van der Waals surface area (Å²) in [6.45, 7) is 0. The zero-order chi connectivity index (χ0) is 15.2. The molecule has 2 N–H and O–H groups in total. The number of methoxy groups -OCH3 is 1. The Morgan fingerprint density at radius 1 is 1.33 bits per heavy atom. The van der Waals surface area contributed by atoms with Gasteiger partial charge < -0.3 is 15.4 Å². The molecule has 1 aromatic heterocycles. The molecule has 0 aliphatic carbocycles. The Morgan fingerprint density at radius 3 is 2.81 bits per heavy atom. The van der Waals surface area contributed by atoms with Gasteiger partial charge in [0.15, 0.2) is 0 Å². The number of rotatable bonds is 4. The minimum absolute atomic E-state index is 0.285. The number of nitrogens with one attached hydrogen (secondary N) is 2. The van der Waals surface area contributed by atoms with Crippen LogP contribution in [-0.2, 0) is 0 Å². The largest absolute Gasteiger partial charge is 0.495 e. The number of benzene rings is 1. The predicted octanol–water partition coefficient (Wildman–Crippen LogP) is 2.26. The summed E-state index contributed by atoms with van der Waals surface area (Å²) in [6.07, 6.45) is 0. The fraction of sp³-hybridized carbons (Fsp3) is 0.133. The molecule has 0 radical (unpaired) electrons. The van der Waals surface area contributed by atoms with Crippen molar-refractivity contribution in [3.63, 3.8) is 0 Å². The first-order chi connectivity index (χ1) is 10.2. The highest BCUT2D eigenvalue weighted by Gasteiger charge is 2.12. The Morgan fingerprint density at radius 2 is 2.14 bits per heavy atom. The molecule has 1 aromatic carbocycles. The van der Waals surface area contributed by atoms with E-state index >= 15 is 0 Å². The summed E-state index contributed by atoms with van der Waals surface area (Å²) in [4.78, 5) is 16.3. The van der Waals surface area contributed by atoms with E-state index < -0.39 is 0 Å². The van der Waals surface area contributed by atoms with Gasteiger partial charge in [-0.05, 0) is 24.3 Å². The molecular formula is C15H14N4O2. The second-order valence-electron chi connectivity index (χ2n) is 4.14. The van der Waals surface area contributed by atoms with E-state index in [0.29, 0.717) is 22.8 Å². The molecule has 6 nitrogen and oxygen atoms in total. The van der Waals surface area contributed by atoms with Gasteiger partial charge in [-0.1, -0.05) is 6.07 Å². The third-order valence-electron chi connectivity index (χ3n) is 2.82. The first-order valence-corrected chi connectivity index (χ1v) is 6.22. The number of anilines is 2. The second kappa shape index (κ2) is 6.39. The average Bonchev–Trinajstić information content (AvgIpc) is 2.55. The molecule has 0 atom stereocenters. The van der Waals surface area contributed by atoms with Crippen LogP contribution in [0.25, 0.3) is 0 Å². The molecule has 0 spiro atoms. The van der Waals surface area contributed by atoms with Crippen LogP contribution in [0.5, 0.6) is 5.75 Å².